The molecule has 0 fully saturated rings. The Hall–Kier alpha value is -3.72. The third-order valence-corrected chi connectivity index (χ3v) is 5.46. The van der Waals surface area contributed by atoms with Crippen LogP contribution in [0.1, 0.15) is 40.1 Å². The van der Waals surface area contributed by atoms with Crippen molar-refractivity contribution in [1.82, 2.24) is 4.98 Å². The Balaban J connectivity index is 1.95. The van der Waals surface area contributed by atoms with Gasteiger partial charge >= 0.3 is 5.97 Å². The van der Waals surface area contributed by atoms with E-state index >= 15 is 0 Å². The van der Waals surface area contributed by atoms with Gasteiger partial charge in [0.05, 0.1) is 25.9 Å². The predicted octanol–water partition coefficient (Wildman–Crippen LogP) is 2.55. The van der Waals surface area contributed by atoms with Crippen LogP contribution in [-0.2, 0) is 11.2 Å². The number of ether oxygens (including phenoxy) is 3. The second kappa shape index (κ2) is 7.51. The first-order valence-electron chi connectivity index (χ1n) is 9.46. The fourth-order valence-electron chi connectivity index (χ4n) is 3.96. The smallest absolute Gasteiger partial charge is 0.343 e. The van der Waals surface area contributed by atoms with E-state index in [0.29, 0.717) is 16.5 Å². The van der Waals surface area contributed by atoms with E-state index in [2.05, 4.69) is 4.98 Å². The van der Waals surface area contributed by atoms with E-state index in [9.17, 15) is 25.2 Å². The van der Waals surface area contributed by atoms with Gasteiger partial charge in [-0.3, -0.25) is 4.98 Å². The number of esters is 1. The van der Waals surface area contributed by atoms with Crippen molar-refractivity contribution in [3.8, 4) is 28.7 Å². The number of hydrogen-bond donors (Lipinski definition) is 4. The molecule has 1 aliphatic heterocycles. The fraction of sp³-hybridized carbons (Fsp3) is 0.273. The van der Waals surface area contributed by atoms with Crippen LogP contribution in [0.3, 0.4) is 0 Å². The van der Waals surface area contributed by atoms with Crippen LogP contribution in [0.2, 0.25) is 0 Å². The minimum Gasteiger partial charge on any atom is -0.507 e. The number of nitrogens with zero attached hydrogens (tertiary/aromatic N) is 1. The van der Waals surface area contributed by atoms with Crippen molar-refractivity contribution in [1.29, 1.82) is 0 Å². The molecule has 1 aliphatic rings. The van der Waals surface area contributed by atoms with Gasteiger partial charge in [0.1, 0.15) is 22.8 Å². The number of cyclic esters (lactones) is 1. The number of phenolic OH excluding ortho intramolecular Hbond substituents is 3. The lowest BCUT2D eigenvalue weighted by molar-refractivity contribution is -0.00341. The topological polar surface area (TPSA) is 139 Å². The van der Waals surface area contributed by atoms with Gasteiger partial charge in [-0.1, -0.05) is 0 Å². The highest BCUT2D eigenvalue weighted by molar-refractivity contribution is 5.99. The van der Waals surface area contributed by atoms with Crippen molar-refractivity contribution in [2.75, 3.05) is 14.2 Å². The van der Waals surface area contributed by atoms with Crippen molar-refractivity contribution in [2.45, 2.75) is 25.6 Å². The second-order valence-electron chi connectivity index (χ2n) is 7.24. The molecule has 0 bridgehead atoms. The molecule has 9 nitrogen and oxygen atoms in total. The Morgan fingerprint density at radius 1 is 1.13 bits per heavy atom. The highest BCUT2D eigenvalue weighted by Crippen LogP contribution is 2.52. The lowest BCUT2D eigenvalue weighted by Gasteiger charge is -2.20. The fourth-order valence-corrected chi connectivity index (χ4v) is 3.96. The van der Waals surface area contributed by atoms with Crippen molar-refractivity contribution in [3.05, 3.63) is 46.8 Å². The van der Waals surface area contributed by atoms with E-state index in [0.717, 1.165) is 0 Å². The molecule has 4 N–H and O–H groups in total. The van der Waals surface area contributed by atoms with Crippen molar-refractivity contribution in [3.63, 3.8) is 0 Å². The number of aliphatic hydroxyl groups is 1. The number of carbonyl (C=O) groups is 1. The van der Waals surface area contributed by atoms with Gasteiger partial charge in [0.25, 0.3) is 0 Å². The number of aromatic hydroxyl groups is 3. The molecule has 0 aliphatic carbocycles. The average Bonchev–Trinajstić information content (AvgIpc) is 3.10. The first-order chi connectivity index (χ1) is 14.8. The maximum atomic E-state index is 12.4. The van der Waals surface area contributed by atoms with Crippen LogP contribution < -0.4 is 9.47 Å². The molecule has 4 rings (SSSR count). The van der Waals surface area contributed by atoms with Gasteiger partial charge in [-0.25, -0.2) is 4.79 Å². The standard InChI is InChI=1S/C22H21NO8/c1-9(24)20-16-15(22(28)31-20)18(26)12(19(27)21(16)30-3)7-11-14(29-2)6-10-4-5-23-8-13(10)17(11)25/h4-6,8-9,20,24-27H,7H2,1-3H3/t9-,20+/m1/s1. The molecule has 2 aromatic carbocycles. The zero-order valence-corrected chi connectivity index (χ0v) is 17.0. The summed E-state index contributed by atoms with van der Waals surface area (Å²) in [6, 6.07) is 3.41. The molecular weight excluding hydrogens is 406 g/mol. The van der Waals surface area contributed by atoms with Gasteiger partial charge in [-0.05, 0) is 24.4 Å². The number of carbonyl (C=O) groups excluding carboxylic acids is 1. The number of aliphatic hydroxyl groups excluding tert-OH is 1. The Bertz CT molecular complexity index is 1200. The predicted molar refractivity (Wildman–Crippen MR) is 109 cm³/mol. The number of pyridine rings is 1. The van der Waals surface area contributed by atoms with Crippen LogP contribution in [0, 0.1) is 0 Å². The lowest BCUT2D eigenvalue weighted by Crippen LogP contribution is -2.15. The van der Waals surface area contributed by atoms with E-state index in [1.165, 1.54) is 27.3 Å². The van der Waals surface area contributed by atoms with Gasteiger partial charge in [0.15, 0.2) is 17.6 Å². The van der Waals surface area contributed by atoms with E-state index < -0.39 is 29.7 Å². The molecule has 0 unspecified atom stereocenters. The quantitative estimate of drug-likeness (QED) is 0.452. The molecular formula is C22H21NO8. The minimum atomic E-state index is -1.10. The summed E-state index contributed by atoms with van der Waals surface area (Å²) in [5, 5.41) is 43.7. The highest BCUT2D eigenvalue weighted by Gasteiger charge is 2.42. The molecule has 2 atom stereocenters. The van der Waals surface area contributed by atoms with Crippen molar-refractivity contribution < 1.29 is 39.4 Å². The summed E-state index contributed by atoms with van der Waals surface area (Å²) in [5.41, 5.74) is 0.0845. The van der Waals surface area contributed by atoms with Crippen LogP contribution >= 0.6 is 0 Å². The molecule has 0 saturated heterocycles. The third-order valence-electron chi connectivity index (χ3n) is 5.46. The summed E-state index contributed by atoms with van der Waals surface area (Å²) >= 11 is 0. The summed E-state index contributed by atoms with van der Waals surface area (Å²) in [6.45, 7) is 1.42. The van der Waals surface area contributed by atoms with Gasteiger partial charge in [0, 0.05) is 35.3 Å². The zero-order chi connectivity index (χ0) is 22.4. The number of aromatic nitrogens is 1. The van der Waals surface area contributed by atoms with Crippen LogP contribution in [0.5, 0.6) is 28.7 Å². The minimum absolute atomic E-state index is 0.0596. The number of fused-ring (bicyclic) bond motifs is 2. The normalized spacial score (nSPS) is 16.1. The van der Waals surface area contributed by atoms with Crippen LogP contribution in [0.25, 0.3) is 10.8 Å². The highest BCUT2D eigenvalue weighted by atomic mass is 16.6. The number of phenols is 3. The summed E-state index contributed by atoms with van der Waals surface area (Å²) < 4.78 is 15.9. The van der Waals surface area contributed by atoms with Crippen molar-refractivity contribution >= 4 is 16.7 Å². The summed E-state index contributed by atoms with van der Waals surface area (Å²) in [4.78, 5) is 16.5. The monoisotopic (exact) mass is 427 g/mol. The van der Waals surface area contributed by atoms with E-state index in [1.807, 2.05) is 0 Å². The average molecular weight is 427 g/mol. The first kappa shape index (κ1) is 20.5. The summed E-state index contributed by atoms with van der Waals surface area (Å²) in [6.07, 6.45) is 0.683. The molecule has 0 radical (unpaired) electrons. The maximum absolute atomic E-state index is 12.4. The van der Waals surface area contributed by atoms with Gasteiger partial charge in [-0.15, -0.1) is 0 Å². The molecule has 2 heterocycles. The van der Waals surface area contributed by atoms with Crippen LogP contribution in [0.15, 0.2) is 24.5 Å². The number of benzene rings is 2. The van der Waals surface area contributed by atoms with E-state index in [-0.39, 0.29) is 40.2 Å². The first-order valence-corrected chi connectivity index (χ1v) is 9.46. The number of hydrogen-bond acceptors (Lipinski definition) is 9. The molecule has 1 aromatic heterocycles. The molecule has 3 aromatic rings. The molecule has 162 valence electrons. The number of methoxy groups -OCH3 is 2. The number of rotatable bonds is 5. The molecule has 0 spiro atoms. The summed E-state index contributed by atoms with van der Waals surface area (Å²) in [7, 11) is 2.72. The van der Waals surface area contributed by atoms with Gasteiger partial charge in [0.2, 0.25) is 0 Å². The zero-order valence-electron chi connectivity index (χ0n) is 17.0. The van der Waals surface area contributed by atoms with Crippen LogP contribution in [0.4, 0.5) is 0 Å². The molecule has 0 amide bonds. The molecule has 9 heteroatoms. The van der Waals surface area contributed by atoms with E-state index in [1.54, 1.807) is 18.3 Å². The lowest BCUT2D eigenvalue weighted by atomic mass is 9.92. The van der Waals surface area contributed by atoms with Crippen molar-refractivity contribution in [2.24, 2.45) is 0 Å². The largest absolute Gasteiger partial charge is 0.507 e. The van der Waals surface area contributed by atoms with Gasteiger partial charge < -0.3 is 34.6 Å². The Morgan fingerprint density at radius 3 is 2.52 bits per heavy atom. The SMILES string of the molecule is COc1cc2ccncc2c(O)c1Cc1c(O)c(OC)c2c(c1O)C(=O)O[C@H]2[C@@H](C)O. The maximum Gasteiger partial charge on any atom is 0.343 e. The second-order valence-corrected chi connectivity index (χ2v) is 7.24. The van der Waals surface area contributed by atoms with Gasteiger partial charge in [-0.2, -0.15) is 0 Å². The Morgan fingerprint density at radius 2 is 1.87 bits per heavy atom. The molecule has 0 saturated carbocycles. The third kappa shape index (κ3) is 3.05. The van der Waals surface area contributed by atoms with E-state index in [4.69, 9.17) is 14.2 Å². The Kier molecular flexibility index (Phi) is 4.98. The molecule has 31 heavy (non-hydrogen) atoms. The summed E-state index contributed by atoms with van der Waals surface area (Å²) in [5.74, 6) is -1.72. The van der Waals surface area contributed by atoms with Crippen LogP contribution in [-0.4, -0.2) is 51.7 Å². The Labute approximate surface area is 177 Å².